The first kappa shape index (κ1) is 36.8. The van der Waals surface area contributed by atoms with Crippen molar-refractivity contribution in [1.29, 1.82) is 0 Å². The molecule has 2 unspecified atom stereocenters. The maximum absolute atomic E-state index is 12.7. The summed E-state index contributed by atoms with van der Waals surface area (Å²) in [5.41, 5.74) is 1.94. The molecule has 2 aromatic rings. The van der Waals surface area contributed by atoms with E-state index in [9.17, 15) is 9.46 Å². The summed E-state index contributed by atoms with van der Waals surface area (Å²) in [6.45, 7) is 9.78. The summed E-state index contributed by atoms with van der Waals surface area (Å²) >= 11 is 0. The highest BCUT2D eigenvalue weighted by atomic mass is 31.2. The highest BCUT2D eigenvalue weighted by Gasteiger charge is 2.26. The molecule has 0 aliphatic carbocycles. The van der Waals surface area contributed by atoms with Crippen LogP contribution in [0.25, 0.3) is 0 Å². The Bertz CT molecular complexity index is 1180. The van der Waals surface area contributed by atoms with E-state index in [1.165, 1.54) is 57.8 Å². The van der Waals surface area contributed by atoms with Crippen LogP contribution in [0.2, 0.25) is 0 Å². The zero-order valence-corrected chi connectivity index (χ0v) is 28.6. The lowest BCUT2D eigenvalue weighted by molar-refractivity contribution is -0.00727. The quantitative estimate of drug-likeness (QED) is 0.0890. The first-order chi connectivity index (χ1) is 21.8. The van der Waals surface area contributed by atoms with Gasteiger partial charge in [-0.2, -0.15) is 0 Å². The second-order valence-electron chi connectivity index (χ2n) is 11.5. The Hall–Kier alpha value is -2.71. The topological polar surface area (TPSA) is 89.9 Å². The van der Waals surface area contributed by atoms with Crippen molar-refractivity contribution < 1.29 is 32.7 Å². The number of phosphoric acid groups is 1. The van der Waals surface area contributed by atoms with Crippen molar-refractivity contribution in [1.82, 2.24) is 9.80 Å². The van der Waals surface area contributed by atoms with Crippen molar-refractivity contribution in [2.24, 2.45) is 0 Å². The van der Waals surface area contributed by atoms with Gasteiger partial charge < -0.3 is 28.5 Å². The highest BCUT2D eigenvalue weighted by molar-refractivity contribution is 7.47. The van der Waals surface area contributed by atoms with E-state index in [1.54, 1.807) is 12.1 Å². The minimum absolute atomic E-state index is 0.141. The van der Waals surface area contributed by atoms with Crippen LogP contribution in [-0.2, 0) is 20.4 Å². The van der Waals surface area contributed by atoms with Gasteiger partial charge in [-0.1, -0.05) is 82.9 Å². The van der Waals surface area contributed by atoms with Gasteiger partial charge in [-0.3, -0.25) is 9.42 Å². The Morgan fingerprint density at radius 3 is 2.09 bits per heavy atom. The molecule has 2 aromatic carbocycles. The zero-order chi connectivity index (χ0) is 32.3. The minimum atomic E-state index is -4.38. The van der Waals surface area contributed by atoms with Crippen LogP contribution >= 0.6 is 7.82 Å². The predicted octanol–water partition coefficient (Wildman–Crippen LogP) is 8.61. The van der Waals surface area contributed by atoms with Crippen molar-refractivity contribution in [3.05, 3.63) is 72.7 Å². The van der Waals surface area contributed by atoms with Crippen molar-refractivity contribution in [2.45, 2.75) is 97.6 Å². The summed E-state index contributed by atoms with van der Waals surface area (Å²) in [6.07, 6.45) is 16.2. The van der Waals surface area contributed by atoms with Gasteiger partial charge in [0.2, 0.25) is 0 Å². The number of benzene rings is 2. The molecule has 9 nitrogen and oxygen atoms in total. The molecule has 1 N–H and O–H groups in total. The second-order valence-corrected chi connectivity index (χ2v) is 12.9. The van der Waals surface area contributed by atoms with Gasteiger partial charge in [-0.15, -0.1) is 0 Å². The average molecular weight is 646 g/mol. The molecule has 0 fully saturated rings. The summed E-state index contributed by atoms with van der Waals surface area (Å²) in [5, 5.41) is 0. The smallest absolute Gasteiger partial charge is 0.493 e. The van der Waals surface area contributed by atoms with Crippen molar-refractivity contribution in [3.63, 3.8) is 0 Å². The van der Waals surface area contributed by atoms with Gasteiger partial charge in [0.15, 0.2) is 0 Å². The van der Waals surface area contributed by atoms with Crippen LogP contribution < -0.4 is 14.0 Å². The van der Waals surface area contributed by atoms with Crippen LogP contribution in [0, 0.1) is 13.6 Å². The minimum Gasteiger partial charge on any atom is -0.493 e. The third-order valence-corrected chi connectivity index (χ3v) is 8.49. The van der Waals surface area contributed by atoms with Crippen LogP contribution in [0.3, 0.4) is 0 Å². The summed E-state index contributed by atoms with van der Waals surface area (Å²) in [4.78, 5) is 14.4. The van der Waals surface area contributed by atoms with Crippen molar-refractivity contribution >= 4 is 7.82 Å². The molecule has 0 amide bonds. The highest BCUT2D eigenvalue weighted by Crippen LogP contribution is 2.44. The SMILES string of the molecule is CCCCCCCCCCCCOc1cccc(OCC(COP(=O)(O)Oc2ccc(CN3[CH]N(C)C=C3)cc2)OCC)c1C. The molecule has 0 aromatic heterocycles. The predicted molar refractivity (Wildman–Crippen MR) is 179 cm³/mol. The third kappa shape index (κ3) is 14.5. The lowest BCUT2D eigenvalue weighted by Gasteiger charge is -2.21. The van der Waals surface area contributed by atoms with E-state index in [1.807, 2.05) is 80.1 Å². The standard InChI is InChI=1S/C35H54N2O7P/c1-5-7-8-9-10-11-12-13-14-15-25-41-34-17-16-18-35(30(34)3)42-27-33(40-6-2)28-43-45(38,39)44-32-21-19-31(20-22-32)26-37-24-23-36(4)29-37/h16-24,29,33H,5-15,25-28H2,1-4H3,(H,38,39). The van der Waals surface area contributed by atoms with E-state index in [0.29, 0.717) is 25.5 Å². The summed E-state index contributed by atoms with van der Waals surface area (Å²) in [7, 11) is -2.42. The van der Waals surface area contributed by atoms with Crippen LogP contribution in [0.15, 0.2) is 54.9 Å². The molecule has 10 heteroatoms. The summed E-state index contributed by atoms with van der Waals surface area (Å²) in [5.74, 6) is 1.73. The van der Waals surface area contributed by atoms with Crippen LogP contribution in [0.4, 0.5) is 0 Å². The molecule has 0 spiro atoms. The lowest BCUT2D eigenvalue weighted by Crippen LogP contribution is -2.27. The number of rotatable bonds is 24. The van der Waals surface area contributed by atoms with Gasteiger partial charge in [0.05, 0.1) is 13.2 Å². The Morgan fingerprint density at radius 2 is 1.47 bits per heavy atom. The third-order valence-electron chi connectivity index (χ3n) is 7.57. The molecule has 0 saturated carbocycles. The van der Waals surface area contributed by atoms with E-state index >= 15 is 0 Å². The van der Waals surface area contributed by atoms with Gasteiger partial charge in [-0.05, 0) is 50.1 Å². The first-order valence-corrected chi connectivity index (χ1v) is 18.0. The molecule has 1 aliphatic rings. The van der Waals surface area contributed by atoms with Crippen LogP contribution in [0.5, 0.6) is 17.2 Å². The molecule has 0 bridgehead atoms. The molecule has 0 saturated heterocycles. The van der Waals surface area contributed by atoms with Crippen LogP contribution in [0.1, 0.15) is 89.2 Å². The Morgan fingerprint density at radius 1 is 0.822 bits per heavy atom. The second kappa shape index (κ2) is 20.4. The molecule has 45 heavy (non-hydrogen) atoms. The molecule has 251 valence electrons. The zero-order valence-electron chi connectivity index (χ0n) is 27.7. The largest absolute Gasteiger partial charge is 0.527 e. The van der Waals surface area contributed by atoms with Gasteiger partial charge in [0.25, 0.3) is 0 Å². The van der Waals surface area contributed by atoms with E-state index in [0.717, 1.165) is 23.3 Å². The Kier molecular flexibility index (Phi) is 16.7. The van der Waals surface area contributed by atoms with Gasteiger partial charge in [0.1, 0.15) is 36.6 Å². The first-order valence-electron chi connectivity index (χ1n) is 16.5. The molecular weight excluding hydrogens is 591 g/mol. The van der Waals surface area contributed by atoms with Gasteiger partial charge in [0, 0.05) is 38.2 Å². The van der Waals surface area contributed by atoms with E-state index in [2.05, 4.69) is 6.92 Å². The summed E-state index contributed by atoms with van der Waals surface area (Å²) < 4.78 is 41.1. The van der Waals surface area contributed by atoms with Crippen molar-refractivity contribution in [3.8, 4) is 17.2 Å². The van der Waals surface area contributed by atoms with Gasteiger partial charge in [-0.25, -0.2) is 4.57 Å². The maximum atomic E-state index is 12.7. The summed E-state index contributed by atoms with van der Waals surface area (Å²) in [6, 6.07) is 12.8. The Labute approximate surface area is 271 Å². The number of nitrogens with zero attached hydrogens (tertiary/aromatic N) is 2. The fraction of sp³-hybridized carbons (Fsp3) is 0.571. The average Bonchev–Trinajstić information content (AvgIpc) is 3.43. The van der Waals surface area contributed by atoms with Crippen LogP contribution in [-0.4, -0.2) is 54.3 Å². The van der Waals surface area contributed by atoms with E-state index in [-0.39, 0.29) is 19.0 Å². The molecule has 1 heterocycles. The Balaban J connectivity index is 1.37. The number of hydrogen-bond acceptors (Lipinski definition) is 8. The monoisotopic (exact) mass is 645 g/mol. The number of phosphoric ester groups is 1. The van der Waals surface area contributed by atoms with E-state index < -0.39 is 13.9 Å². The van der Waals surface area contributed by atoms with Crippen molar-refractivity contribution in [2.75, 3.05) is 33.5 Å². The van der Waals surface area contributed by atoms with E-state index in [4.69, 9.17) is 23.3 Å². The lowest BCUT2D eigenvalue weighted by atomic mass is 10.1. The fourth-order valence-corrected chi connectivity index (χ4v) is 5.84. The number of hydrogen-bond donors (Lipinski definition) is 1. The maximum Gasteiger partial charge on any atom is 0.527 e. The van der Waals surface area contributed by atoms with Gasteiger partial charge >= 0.3 is 7.82 Å². The number of unbranched alkanes of at least 4 members (excludes halogenated alkanes) is 9. The molecule has 1 radical (unpaired) electrons. The fourth-order valence-electron chi connectivity index (χ4n) is 5.04. The molecule has 1 aliphatic heterocycles. The number of ether oxygens (including phenoxy) is 3. The molecular formula is C35H54N2O7P. The normalized spacial score (nSPS) is 14.9. The molecule has 2 atom stereocenters. The molecule has 3 rings (SSSR count).